The van der Waals surface area contributed by atoms with Gasteiger partial charge < -0.3 is 10.1 Å². The number of ether oxygens (including phenoxy) is 1. The SMILES string of the molecule is CC.CCC1CCC(CCOC2CCNCC2)CC1. The van der Waals surface area contributed by atoms with E-state index in [-0.39, 0.29) is 0 Å². The quantitative estimate of drug-likeness (QED) is 0.799. The number of nitrogens with one attached hydrogen (secondary N) is 1. The molecule has 0 spiro atoms. The molecule has 2 nitrogen and oxygen atoms in total. The number of hydrogen-bond acceptors (Lipinski definition) is 2. The summed E-state index contributed by atoms with van der Waals surface area (Å²) in [5.74, 6) is 1.98. The lowest BCUT2D eigenvalue weighted by atomic mass is 9.80. The van der Waals surface area contributed by atoms with E-state index in [0.29, 0.717) is 6.10 Å². The largest absolute Gasteiger partial charge is 0.378 e. The molecule has 0 bridgehead atoms. The minimum atomic E-state index is 0.545. The molecule has 0 radical (unpaired) electrons. The lowest BCUT2D eigenvalue weighted by molar-refractivity contribution is 0.0221. The van der Waals surface area contributed by atoms with Crippen molar-refractivity contribution in [1.29, 1.82) is 0 Å². The number of hydrogen-bond donors (Lipinski definition) is 1. The summed E-state index contributed by atoms with van der Waals surface area (Å²) in [6.07, 6.45) is 11.5. The Hall–Kier alpha value is -0.0800. The average molecular weight is 269 g/mol. The lowest BCUT2D eigenvalue weighted by Crippen LogP contribution is -2.32. The summed E-state index contributed by atoms with van der Waals surface area (Å²) in [7, 11) is 0. The van der Waals surface area contributed by atoms with Crippen LogP contribution < -0.4 is 5.32 Å². The van der Waals surface area contributed by atoms with Crippen LogP contribution in [0.1, 0.15) is 72.1 Å². The third kappa shape index (κ3) is 6.76. The third-order valence-electron chi connectivity index (χ3n) is 4.71. The van der Waals surface area contributed by atoms with Gasteiger partial charge >= 0.3 is 0 Å². The van der Waals surface area contributed by atoms with Gasteiger partial charge in [0.05, 0.1) is 6.10 Å². The zero-order chi connectivity index (χ0) is 13.9. The van der Waals surface area contributed by atoms with Crippen molar-refractivity contribution < 1.29 is 4.74 Å². The molecular weight excluding hydrogens is 234 g/mol. The van der Waals surface area contributed by atoms with Crippen molar-refractivity contribution in [2.24, 2.45) is 11.8 Å². The Labute approximate surface area is 120 Å². The predicted octanol–water partition coefficient (Wildman–Crippen LogP) is 4.39. The van der Waals surface area contributed by atoms with E-state index in [0.717, 1.165) is 31.5 Å². The summed E-state index contributed by atoms with van der Waals surface area (Å²) in [5.41, 5.74) is 0. The molecule has 1 N–H and O–H groups in total. The molecule has 0 amide bonds. The molecule has 114 valence electrons. The maximum Gasteiger partial charge on any atom is 0.0599 e. The van der Waals surface area contributed by atoms with Gasteiger partial charge in [-0.15, -0.1) is 0 Å². The van der Waals surface area contributed by atoms with Crippen LogP contribution in [-0.2, 0) is 4.74 Å². The van der Waals surface area contributed by atoms with Gasteiger partial charge in [-0.05, 0) is 44.2 Å². The van der Waals surface area contributed by atoms with Gasteiger partial charge in [-0.2, -0.15) is 0 Å². The molecule has 1 aliphatic carbocycles. The normalized spacial score (nSPS) is 28.6. The van der Waals surface area contributed by atoms with Crippen LogP contribution in [0.25, 0.3) is 0 Å². The molecule has 1 saturated heterocycles. The number of rotatable bonds is 5. The molecule has 0 unspecified atom stereocenters. The molecule has 0 aromatic heterocycles. The molecule has 0 atom stereocenters. The Bertz CT molecular complexity index is 193. The smallest absolute Gasteiger partial charge is 0.0599 e. The van der Waals surface area contributed by atoms with Crippen LogP contribution in [0.5, 0.6) is 0 Å². The van der Waals surface area contributed by atoms with E-state index in [1.807, 2.05) is 13.8 Å². The van der Waals surface area contributed by atoms with Gasteiger partial charge in [0, 0.05) is 6.61 Å². The monoisotopic (exact) mass is 269 g/mol. The standard InChI is InChI=1S/C15H29NO.C2H6/c1-2-13-3-5-14(6-4-13)9-12-17-15-7-10-16-11-8-15;1-2/h13-16H,2-12H2,1H3;1-2H3. The van der Waals surface area contributed by atoms with Crippen LogP contribution in [0.2, 0.25) is 0 Å². The summed E-state index contributed by atoms with van der Waals surface area (Å²) in [6.45, 7) is 9.63. The van der Waals surface area contributed by atoms with Gasteiger partial charge in [0.1, 0.15) is 0 Å². The fourth-order valence-electron chi connectivity index (χ4n) is 3.29. The highest BCUT2D eigenvalue weighted by Crippen LogP contribution is 2.32. The summed E-state index contributed by atoms with van der Waals surface area (Å²) >= 11 is 0. The first-order chi connectivity index (χ1) is 9.38. The molecule has 1 saturated carbocycles. The fraction of sp³-hybridized carbons (Fsp3) is 1.00. The third-order valence-corrected chi connectivity index (χ3v) is 4.71. The molecule has 2 rings (SSSR count). The molecule has 2 heteroatoms. The second-order valence-corrected chi connectivity index (χ2v) is 5.90. The van der Waals surface area contributed by atoms with Crippen molar-refractivity contribution in [2.75, 3.05) is 19.7 Å². The van der Waals surface area contributed by atoms with Crippen molar-refractivity contribution in [3.63, 3.8) is 0 Å². The Morgan fingerprint density at radius 1 is 0.895 bits per heavy atom. The molecule has 2 fully saturated rings. The van der Waals surface area contributed by atoms with Crippen molar-refractivity contribution in [3.05, 3.63) is 0 Å². The zero-order valence-electron chi connectivity index (χ0n) is 13.4. The van der Waals surface area contributed by atoms with Crippen LogP contribution in [0, 0.1) is 11.8 Å². The maximum absolute atomic E-state index is 6.00. The summed E-state index contributed by atoms with van der Waals surface area (Å²) in [6, 6.07) is 0. The van der Waals surface area contributed by atoms with Crippen molar-refractivity contribution >= 4 is 0 Å². The van der Waals surface area contributed by atoms with Gasteiger partial charge in [0.2, 0.25) is 0 Å². The van der Waals surface area contributed by atoms with Crippen molar-refractivity contribution in [3.8, 4) is 0 Å². The van der Waals surface area contributed by atoms with E-state index in [1.54, 1.807) is 0 Å². The minimum Gasteiger partial charge on any atom is -0.378 e. The molecule has 0 aromatic carbocycles. The molecule has 1 aliphatic heterocycles. The Kier molecular flexibility index (Phi) is 9.54. The Balaban J connectivity index is 0.000000861. The van der Waals surface area contributed by atoms with Crippen molar-refractivity contribution in [2.45, 2.75) is 78.2 Å². The van der Waals surface area contributed by atoms with E-state index in [4.69, 9.17) is 4.74 Å². The van der Waals surface area contributed by atoms with Gasteiger partial charge in [-0.1, -0.05) is 52.9 Å². The van der Waals surface area contributed by atoms with E-state index in [9.17, 15) is 0 Å². The Morgan fingerprint density at radius 2 is 1.47 bits per heavy atom. The predicted molar refractivity (Wildman–Crippen MR) is 83.5 cm³/mol. The second kappa shape index (κ2) is 10.7. The van der Waals surface area contributed by atoms with Gasteiger partial charge in [-0.25, -0.2) is 0 Å². The Morgan fingerprint density at radius 3 is 2.05 bits per heavy atom. The topological polar surface area (TPSA) is 21.3 Å². The highest BCUT2D eigenvalue weighted by molar-refractivity contribution is 4.72. The minimum absolute atomic E-state index is 0.545. The second-order valence-electron chi connectivity index (χ2n) is 5.90. The van der Waals surface area contributed by atoms with E-state index < -0.39 is 0 Å². The van der Waals surface area contributed by atoms with E-state index >= 15 is 0 Å². The van der Waals surface area contributed by atoms with E-state index in [1.165, 1.54) is 51.4 Å². The zero-order valence-corrected chi connectivity index (χ0v) is 13.4. The van der Waals surface area contributed by atoms with Crippen molar-refractivity contribution in [1.82, 2.24) is 5.32 Å². The van der Waals surface area contributed by atoms with E-state index in [2.05, 4.69) is 12.2 Å². The highest BCUT2D eigenvalue weighted by Gasteiger charge is 2.20. The lowest BCUT2D eigenvalue weighted by Gasteiger charge is -2.29. The van der Waals surface area contributed by atoms with Crippen LogP contribution >= 0.6 is 0 Å². The summed E-state index contributed by atoms with van der Waals surface area (Å²) < 4.78 is 6.00. The first kappa shape index (κ1) is 17.0. The van der Waals surface area contributed by atoms with Gasteiger partial charge in [-0.3, -0.25) is 0 Å². The van der Waals surface area contributed by atoms with Crippen LogP contribution in [-0.4, -0.2) is 25.8 Å². The first-order valence-electron chi connectivity index (χ1n) is 8.70. The maximum atomic E-state index is 6.00. The molecule has 0 aromatic rings. The van der Waals surface area contributed by atoms with Gasteiger partial charge in [0.15, 0.2) is 0 Å². The van der Waals surface area contributed by atoms with Crippen LogP contribution in [0.4, 0.5) is 0 Å². The fourth-order valence-corrected chi connectivity index (χ4v) is 3.29. The molecular formula is C17H35NO. The molecule has 19 heavy (non-hydrogen) atoms. The van der Waals surface area contributed by atoms with Gasteiger partial charge in [0.25, 0.3) is 0 Å². The van der Waals surface area contributed by atoms with Crippen LogP contribution in [0.3, 0.4) is 0 Å². The summed E-state index contributed by atoms with van der Waals surface area (Å²) in [4.78, 5) is 0. The average Bonchev–Trinajstić information content (AvgIpc) is 2.51. The molecule has 2 aliphatic rings. The summed E-state index contributed by atoms with van der Waals surface area (Å²) in [5, 5.41) is 3.39. The number of piperidine rings is 1. The highest BCUT2D eigenvalue weighted by atomic mass is 16.5. The molecule has 1 heterocycles. The van der Waals surface area contributed by atoms with Crippen LogP contribution in [0.15, 0.2) is 0 Å². The first-order valence-corrected chi connectivity index (χ1v) is 8.70.